The van der Waals surface area contributed by atoms with Crippen molar-refractivity contribution >= 4 is 0 Å². The van der Waals surface area contributed by atoms with Crippen LogP contribution in [-0.4, -0.2) is 10.2 Å². The Morgan fingerprint density at radius 1 is 0.621 bits per heavy atom. The SMILES string of the molecule is Oc1c(F)cccc1F.Oc1c(F)cccc1F.[C-]1=CC=CC1.[C-]1=CC=CC1.[Zr+2]. The molecule has 2 N–H and O–H groups in total. The van der Waals surface area contributed by atoms with Crippen molar-refractivity contribution in [2.45, 2.75) is 12.8 Å². The first-order valence-electron chi connectivity index (χ1n) is 8.13. The summed E-state index contributed by atoms with van der Waals surface area (Å²) in [5.74, 6) is -5.58. The Labute approximate surface area is 186 Å². The van der Waals surface area contributed by atoms with Gasteiger partial charge < -0.3 is 10.2 Å². The van der Waals surface area contributed by atoms with E-state index in [0.29, 0.717) is 0 Å². The third-order valence-corrected chi connectivity index (χ3v) is 3.05. The van der Waals surface area contributed by atoms with E-state index in [4.69, 9.17) is 10.2 Å². The summed E-state index contributed by atoms with van der Waals surface area (Å²) < 4.78 is 48.4. The second kappa shape index (κ2) is 15.5. The molecule has 2 aliphatic carbocycles. The molecule has 0 aliphatic heterocycles. The molecule has 0 fully saturated rings. The number of hydrogen-bond acceptors (Lipinski definition) is 2. The van der Waals surface area contributed by atoms with E-state index in [0.717, 1.165) is 37.1 Å². The largest absolute Gasteiger partial charge is 2.00 e. The van der Waals surface area contributed by atoms with Crippen molar-refractivity contribution in [3.63, 3.8) is 0 Å². The number of allylic oxidation sites excluding steroid dienone is 8. The molecule has 2 aromatic rings. The van der Waals surface area contributed by atoms with Crippen LogP contribution in [0.15, 0.2) is 72.9 Å². The Morgan fingerprint density at radius 2 is 0.931 bits per heavy atom. The quantitative estimate of drug-likeness (QED) is 0.361. The number of aromatic hydroxyl groups is 2. The van der Waals surface area contributed by atoms with Crippen LogP contribution in [0.25, 0.3) is 0 Å². The fourth-order valence-corrected chi connectivity index (χ4v) is 1.66. The fourth-order valence-electron chi connectivity index (χ4n) is 1.66. The van der Waals surface area contributed by atoms with Gasteiger partial charge in [0.05, 0.1) is 0 Å². The smallest absolute Gasteiger partial charge is 0.503 e. The maximum Gasteiger partial charge on any atom is 2.00 e. The van der Waals surface area contributed by atoms with E-state index in [1.807, 2.05) is 24.3 Å². The van der Waals surface area contributed by atoms with Crippen molar-refractivity contribution in [3.8, 4) is 11.5 Å². The van der Waals surface area contributed by atoms with Crippen LogP contribution < -0.4 is 0 Å². The van der Waals surface area contributed by atoms with Crippen LogP contribution in [0.4, 0.5) is 17.6 Å². The summed E-state index contributed by atoms with van der Waals surface area (Å²) in [4.78, 5) is 0. The van der Waals surface area contributed by atoms with Crippen LogP contribution in [0, 0.1) is 35.4 Å². The molecule has 0 saturated heterocycles. The molecule has 2 nitrogen and oxygen atoms in total. The molecule has 0 amide bonds. The second-order valence-electron chi connectivity index (χ2n) is 5.15. The molecular formula is C22H18F4O2Zr. The third kappa shape index (κ3) is 11.3. The number of benzene rings is 2. The minimum Gasteiger partial charge on any atom is -0.503 e. The number of phenolic OH excluding ortho intramolecular Hbond substituents is 2. The Balaban J connectivity index is 0.000000369. The molecule has 0 radical (unpaired) electrons. The second-order valence-corrected chi connectivity index (χ2v) is 5.15. The van der Waals surface area contributed by atoms with Crippen molar-refractivity contribution in [1.82, 2.24) is 0 Å². The van der Waals surface area contributed by atoms with Crippen molar-refractivity contribution < 1.29 is 54.0 Å². The van der Waals surface area contributed by atoms with Crippen LogP contribution in [0.3, 0.4) is 0 Å². The van der Waals surface area contributed by atoms with Gasteiger partial charge in [0, 0.05) is 0 Å². The van der Waals surface area contributed by atoms with Gasteiger partial charge in [-0.3, -0.25) is 12.2 Å². The molecule has 0 bridgehead atoms. The zero-order valence-corrected chi connectivity index (χ0v) is 17.7. The van der Waals surface area contributed by atoms with Gasteiger partial charge in [0.25, 0.3) is 0 Å². The summed E-state index contributed by atoms with van der Waals surface area (Å²) in [6.45, 7) is 0. The van der Waals surface area contributed by atoms with Crippen molar-refractivity contribution in [1.29, 1.82) is 0 Å². The van der Waals surface area contributed by atoms with Gasteiger partial charge in [-0.2, -0.15) is 12.2 Å². The molecule has 29 heavy (non-hydrogen) atoms. The number of para-hydroxylation sites is 2. The van der Waals surface area contributed by atoms with Gasteiger partial charge in [-0.1, -0.05) is 12.1 Å². The predicted molar refractivity (Wildman–Crippen MR) is 99.2 cm³/mol. The molecule has 0 atom stereocenters. The number of rotatable bonds is 0. The Hall–Kier alpha value is -2.40. The van der Waals surface area contributed by atoms with Gasteiger partial charge in [0.2, 0.25) is 0 Å². The minimum absolute atomic E-state index is 0. The third-order valence-electron chi connectivity index (χ3n) is 3.05. The van der Waals surface area contributed by atoms with Crippen LogP contribution in [0.5, 0.6) is 11.5 Å². The summed E-state index contributed by atoms with van der Waals surface area (Å²) in [6, 6.07) is 6.31. The van der Waals surface area contributed by atoms with Crippen LogP contribution in [-0.2, 0) is 26.2 Å². The van der Waals surface area contributed by atoms with Crippen LogP contribution in [0.1, 0.15) is 12.8 Å². The molecule has 7 heteroatoms. The summed E-state index contributed by atoms with van der Waals surface area (Å²) >= 11 is 0. The first-order chi connectivity index (χ1) is 13.4. The first-order valence-corrected chi connectivity index (χ1v) is 8.13. The summed E-state index contributed by atoms with van der Waals surface area (Å²) in [6.07, 6.45) is 20.0. The van der Waals surface area contributed by atoms with Gasteiger partial charge >= 0.3 is 26.2 Å². The van der Waals surface area contributed by atoms with Gasteiger partial charge in [-0.25, -0.2) is 41.9 Å². The molecule has 0 heterocycles. The molecule has 0 saturated carbocycles. The zero-order chi connectivity index (χ0) is 20.8. The van der Waals surface area contributed by atoms with Gasteiger partial charge in [0.1, 0.15) is 0 Å². The molecule has 0 unspecified atom stereocenters. The van der Waals surface area contributed by atoms with E-state index in [-0.39, 0.29) is 26.2 Å². The van der Waals surface area contributed by atoms with E-state index >= 15 is 0 Å². The Morgan fingerprint density at radius 3 is 1.07 bits per heavy atom. The van der Waals surface area contributed by atoms with E-state index < -0.39 is 34.8 Å². The molecule has 2 aromatic carbocycles. The molecule has 150 valence electrons. The van der Waals surface area contributed by atoms with Crippen molar-refractivity contribution in [3.05, 3.63) is 108 Å². The monoisotopic (exact) mass is 480 g/mol. The zero-order valence-electron chi connectivity index (χ0n) is 15.2. The van der Waals surface area contributed by atoms with Crippen molar-refractivity contribution in [2.24, 2.45) is 0 Å². The fraction of sp³-hybridized carbons (Fsp3) is 0.0909. The number of halogens is 4. The molecule has 0 spiro atoms. The van der Waals surface area contributed by atoms with Gasteiger partial charge in [0.15, 0.2) is 34.8 Å². The maximum absolute atomic E-state index is 12.1. The molecule has 0 aromatic heterocycles. The van der Waals surface area contributed by atoms with E-state index in [9.17, 15) is 17.6 Å². The van der Waals surface area contributed by atoms with E-state index in [1.165, 1.54) is 12.1 Å². The average molecular weight is 482 g/mol. The number of phenols is 2. The minimum atomic E-state index is -0.935. The van der Waals surface area contributed by atoms with E-state index in [2.05, 4.69) is 24.3 Å². The summed E-state index contributed by atoms with van der Waals surface area (Å²) in [7, 11) is 0. The Bertz CT molecular complexity index is 730. The predicted octanol–water partition coefficient (Wildman–Crippen LogP) is 5.95. The average Bonchev–Trinajstić information content (AvgIpc) is 3.43. The maximum atomic E-state index is 12.1. The first kappa shape index (κ1) is 26.6. The van der Waals surface area contributed by atoms with Gasteiger partial charge in [-0.15, -0.1) is 12.8 Å². The normalized spacial score (nSPS) is 12.0. The molecule has 2 aliphatic rings. The van der Waals surface area contributed by atoms with Gasteiger partial charge in [-0.05, 0) is 24.3 Å². The Kier molecular flexibility index (Phi) is 14.2. The topological polar surface area (TPSA) is 40.5 Å². The summed E-state index contributed by atoms with van der Waals surface area (Å²) in [5.41, 5.74) is 0. The van der Waals surface area contributed by atoms with E-state index in [1.54, 1.807) is 0 Å². The van der Waals surface area contributed by atoms with Crippen LogP contribution in [0.2, 0.25) is 0 Å². The standard InChI is InChI=1S/2C6H4F2O.2C5H5.Zr/c2*7-4-2-1-3-5(8)6(4)9;2*1-2-4-5-3-1;/h2*1-3,9H;2*1-3H,4H2;/q;;2*-1;+2. The van der Waals surface area contributed by atoms with Crippen molar-refractivity contribution in [2.75, 3.05) is 0 Å². The van der Waals surface area contributed by atoms with Crippen LogP contribution >= 0.6 is 0 Å². The molecule has 4 rings (SSSR count). The number of hydrogen-bond donors (Lipinski definition) is 2. The molecular weight excluding hydrogens is 463 g/mol. The summed E-state index contributed by atoms with van der Waals surface area (Å²) in [5, 5.41) is 16.9.